The van der Waals surface area contributed by atoms with Gasteiger partial charge in [-0.25, -0.2) is 0 Å². The molecule has 0 aliphatic rings. The van der Waals surface area contributed by atoms with Gasteiger partial charge in [-0.3, -0.25) is 4.79 Å². The highest BCUT2D eigenvalue weighted by Crippen LogP contribution is 2.14. The van der Waals surface area contributed by atoms with E-state index in [4.69, 9.17) is 5.73 Å². The monoisotopic (exact) mass is 248 g/mol. The van der Waals surface area contributed by atoms with E-state index in [1.165, 1.54) is 0 Å². The average Bonchev–Trinajstić information content (AvgIpc) is 2.38. The first kappa shape index (κ1) is 14.6. The van der Waals surface area contributed by atoms with Crippen molar-refractivity contribution in [2.45, 2.75) is 46.1 Å². The topological polar surface area (TPSA) is 46.3 Å². The van der Waals surface area contributed by atoms with E-state index in [2.05, 4.69) is 13.8 Å². The second kappa shape index (κ2) is 7.04. The largest absolute Gasteiger partial charge is 0.399 e. The van der Waals surface area contributed by atoms with Crippen LogP contribution in [0.1, 0.15) is 39.2 Å². The van der Waals surface area contributed by atoms with Gasteiger partial charge in [0.05, 0.1) is 0 Å². The lowest BCUT2D eigenvalue weighted by Gasteiger charge is -2.27. The predicted octanol–water partition coefficient (Wildman–Crippen LogP) is 2.85. The highest BCUT2D eigenvalue weighted by Gasteiger charge is 2.16. The first-order chi connectivity index (χ1) is 8.60. The number of para-hydroxylation sites is 1. The molecule has 3 nitrogen and oxygen atoms in total. The van der Waals surface area contributed by atoms with Crippen molar-refractivity contribution in [1.82, 2.24) is 4.90 Å². The maximum absolute atomic E-state index is 12.1. The molecule has 2 N–H and O–H groups in total. The number of anilines is 1. The van der Waals surface area contributed by atoms with Gasteiger partial charge in [-0.2, -0.15) is 0 Å². The van der Waals surface area contributed by atoms with Crippen molar-refractivity contribution < 1.29 is 4.79 Å². The minimum atomic E-state index is 0.218. The molecule has 0 heterocycles. The first-order valence-corrected chi connectivity index (χ1v) is 6.73. The highest BCUT2D eigenvalue weighted by molar-refractivity contribution is 5.77. The summed E-state index contributed by atoms with van der Waals surface area (Å²) in [5.74, 6) is 0.218. The third-order valence-electron chi connectivity index (χ3n) is 3.45. The first-order valence-electron chi connectivity index (χ1n) is 6.73. The van der Waals surface area contributed by atoms with Crippen LogP contribution in [0.25, 0.3) is 0 Å². The van der Waals surface area contributed by atoms with Crippen molar-refractivity contribution in [3.8, 4) is 0 Å². The molecule has 0 aliphatic heterocycles. The smallest absolute Gasteiger partial charge is 0.223 e. The number of nitrogens with two attached hydrogens (primary N) is 1. The fourth-order valence-electron chi connectivity index (χ4n) is 2.10. The standard InChI is InChI=1S/C15H24N2O/c1-4-12(3)17(5-2)15(18)11-10-13-8-6-7-9-14(13)16/h6-9,12H,4-5,10-11,16H2,1-3H3. The molecule has 1 aromatic rings. The summed E-state index contributed by atoms with van der Waals surface area (Å²) >= 11 is 0. The van der Waals surface area contributed by atoms with Crippen molar-refractivity contribution in [2.75, 3.05) is 12.3 Å². The summed E-state index contributed by atoms with van der Waals surface area (Å²) in [6.45, 7) is 7.01. The molecule has 100 valence electrons. The maximum atomic E-state index is 12.1. The number of nitrogens with zero attached hydrogens (tertiary/aromatic N) is 1. The molecular formula is C15H24N2O. The molecular weight excluding hydrogens is 224 g/mol. The van der Waals surface area contributed by atoms with Crippen molar-refractivity contribution in [1.29, 1.82) is 0 Å². The number of amides is 1. The number of carbonyl (C=O) groups is 1. The van der Waals surface area contributed by atoms with Gasteiger partial charge in [-0.05, 0) is 38.3 Å². The second-order valence-electron chi connectivity index (χ2n) is 4.64. The molecule has 3 heteroatoms. The van der Waals surface area contributed by atoms with E-state index in [1.54, 1.807) is 0 Å². The molecule has 1 rings (SSSR count). The average molecular weight is 248 g/mol. The SMILES string of the molecule is CCC(C)N(CC)C(=O)CCc1ccccc1N. The van der Waals surface area contributed by atoms with Gasteiger partial charge in [0.15, 0.2) is 0 Å². The maximum Gasteiger partial charge on any atom is 0.223 e. The number of hydrogen-bond donors (Lipinski definition) is 1. The molecule has 0 bridgehead atoms. The van der Waals surface area contributed by atoms with Crippen LogP contribution in [0.3, 0.4) is 0 Å². The van der Waals surface area contributed by atoms with Gasteiger partial charge < -0.3 is 10.6 Å². The summed E-state index contributed by atoms with van der Waals surface area (Å²) in [7, 11) is 0. The Bertz CT molecular complexity index is 390. The molecule has 0 radical (unpaired) electrons. The summed E-state index contributed by atoms with van der Waals surface area (Å²) in [5.41, 5.74) is 7.71. The van der Waals surface area contributed by atoms with Crippen molar-refractivity contribution in [2.24, 2.45) is 0 Å². The van der Waals surface area contributed by atoms with Crippen LogP contribution in [-0.2, 0) is 11.2 Å². The number of carbonyl (C=O) groups excluding carboxylic acids is 1. The van der Waals surface area contributed by atoms with Gasteiger partial charge >= 0.3 is 0 Å². The molecule has 0 saturated carbocycles. The van der Waals surface area contributed by atoms with E-state index in [9.17, 15) is 4.79 Å². The minimum absolute atomic E-state index is 0.218. The normalized spacial score (nSPS) is 12.2. The Morgan fingerprint density at radius 1 is 1.33 bits per heavy atom. The fourth-order valence-corrected chi connectivity index (χ4v) is 2.10. The van der Waals surface area contributed by atoms with Crippen LogP contribution in [0.4, 0.5) is 5.69 Å². The van der Waals surface area contributed by atoms with Gasteiger partial charge in [-0.15, -0.1) is 0 Å². The van der Waals surface area contributed by atoms with Crippen molar-refractivity contribution in [3.63, 3.8) is 0 Å². The Kier molecular flexibility index (Phi) is 5.69. The molecule has 18 heavy (non-hydrogen) atoms. The number of rotatable bonds is 6. The highest BCUT2D eigenvalue weighted by atomic mass is 16.2. The van der Waals surface area contributed by atoms with Crippen molar-refractivity contribution in [3.05, 3.63) is 29.8 Å². The predicted molar refractivity (Wildman–Crippen MR) is 76.3 cm³/mol. The molecule has 0 aromatic heterocycles. The van der Waals surface area contributed by atoms with Gasteiger partial charge in [0.25, 0.3) is 0 Å². The Labute approximate surface area is 110 Å². The summed E-state index contributed by atoms with van der Waals surface area (Å²) < 4.78 is 0. The third-order valence-corrected chi connectivity index (χ3v) is 3.45. The lowest BCUT2D eigenvalue weighted by molar-refractivity contribution is -0.133. The van der Waals surface area contributed by atoms with Gasteiger partial charge in [0.2, 0.25) is 5.91 Å². The number of aryl methyl sites for hydroxylation is 1. The van der Waals surface area contributed by atoms with E-state index in [0.717, 1.165) is 30.6 Å². The van der Waals surface area contributed by atoms with Crippen LogP contribution in [0, 0.1) is 0 Å². The van der Waals surface area contributed by atoms with E-state index in [-0.39, 0.29) is 5.91 Å². The molecule has 0 saturated heterocycles. The third kappa shape index (κ3) is 3.76. The minimum Gasteiger partial charge on any atom is -0.399 e. The Balaban J connectivity index is 2.57. The van der Waals surface area contributed by atoms with E-state index in [1.807, 2.05) is 36.1 Å². The number of benzene rings is 1. The van der Waals surface area contributed by atoms with Gasteiger partial charge in [0, 0.05) is 24.7 Å². The van der Waals surface area contributed by atoms with Gasteiger partial charge in [-0.1, -0.05) is 25.1 Å². The molecule has 0 spiro atoms. The summed E-state index contributed by atoms with van der Waals surface area (Å²) in [4.78, 5) is 14.1. The van der Waals surface area contributed by atoms with Crippen LogP contribution in [-0.4, -0.2) is 23.4 Å². The number of hydrogen-bond acceptors (Lipinski definition) is 2. The Morgan fingerprint density at radius 2 is 2.00 bits per heavy atom. The fraction of sp³-hybridized carbons (Fsp3) is 0.533. The van der Waals surface area contributed by atoms with Crippen molar-refractivity contribution >= 4 is 11.6 Å². The molecule has 0 aliphatic carbocycles. The number of nitrogen functional groups attached to an aromatic ring is 1. The Hall–Kier alpha value is -1.51. The van der Waals surface area contributed by atoms with Crippen LogP contribution in [0.5, 0.6) is 0 Å². The van der Waals surface area contributed by atoms with Crippen LogP contribution >= 0.6 is 0 Å². The summed E-state index contributed by atoms with van der Waals surface area (Å²) in [6.07, 6.45) is 2.25. The van der Waals surface area contributed by atoms with Gasteiger partial charge in [0.1, 0.15) is 0 Å². The molecule has 1 unspecified atom stereocenters. The lowest BCUT2D eigenvalue weighted by Crippen LogP contribution is -2.38. The quantitative estimate of drug-likeness (QED) is 0.787. The molecule has 0 fully saturated rings. The van der Waals surface area contributed by atoms with E-state index in [0.29, 0.717) is 12.5 Å². The molecule has 1 aromatic carbocycles. The lowest BCUT2D eigenvalue weighted by atomic mass is 10.1. The van der Waals surface area contributed by atoms with Crippen LogP contribution < -0.4 is 5.73 Å². The second-order valence-corrected chi connectivity index (χ2v) is 4.64. The molecule has 1 amide bonds. The van der Waals surface area contributed by atoms with E-state index >= 15 is 0 Å². The summed E-state index contributed by atoms with van der Waals surface area (Å²) in [5, 5.41) is 0. The zero-order chi connectivity index (χ0) is 13.5. The zero-order valence-electron chi connectivity index (χ0n) is 11.6. The summed E-state index contributed by atoms with van der Waals surface area (Å²) in [6, 6.07) is 8.06. The van der Waals surface area contributed by atoms with Crippen LogP contribution in [0.2, 0.25) is 0 Å². The zero-order valence-corrected chi connectivity index (χ0v) is 11.6. The molecule has 1 atom stereocenters. The van der Waals surface area contributed by atoms with E-state index < -0.39 is 0 Å². The Morgan fingerprint density at radius 3 is 2.56 bits per heavy atom. The van der Waals surface area contributed by atoms with Crippen LogP contribution in [0.15, 0.2) is 24.3 Å².